The molecule has 1 amide bonds. The van der Waals surface area contributed by atoms with Crippen LogP contribution in [0.3, 0.4) is 0 Å². The third-order valence-corrected chi connectivity index (χ3v) is 7.02. The topological polar surface area (TPSA) is 79.3 Å². The summed E-state index contributed by atoms with van der Waals surface area (Å²) < 4.78 is 0. The summed E-state index contributed by atoms with van der Waals surface area (Å²) in [5.41, 5.74) is 0.833. The lowest BCUT2D eigenvalue weighted by atomic mass is 9.40. The summed E-state index contributed by atoms with van der Waals surface area (Å²) in [7, 11) is 0. The van der Waals surface area contributed by atoms with Crippen LogP contribution in [-0.4, -0.2) is 22.0 Å². The number of rotatable bonds is 4. The van der Waals surface area contributed by atoms with Crippen molar-refractivity contribution in [3.05, 3.63) is 11.1 Å². The molecule has 5 nitrogen and oxygen atoms in total. The van der Waals surface area contributed by atoms with Crippen LogP contribution in [0.4, 0.5) is 5.13 Å². The highest BCUT2D eigenvalue weighted by Crippen LogP contribution is 2.69. The third kappa shape index (κ3) is 2.65. The molecular weight excluding hydrogens is 324 g/mol. The average Bonchev–Trinajstić information content (AvgIpc) is 2.80. The number of anilines is 1. The third-order valence-electron chi connectivity index (χ3n) is 6.21. The van der Waals surface area contributed by atoms with E-state index in [0.717, 1.165) is 19.3 Å². The van der Waals surface area contributed by atoms with E-state index in [2.05, 4.69) is 24.1 Å². The molecule has 6 heteroatoms. The number of hydrogen-bond acceptors (Lipinski definition) is 4. The lowest BCUT2D eigenvalue weighted by Crippen LogP contribution is -2.58. The van der Waals surface area contributed by atoms with Gasteiger partial charge in [-0.3, -0.25) is 9.59 Å². The van der Waals surface area contributed by atoms with Gasteiger partial charge in [-0.25, -0.2) is 4.98 Å². The minimum absolute atomic E-state index is 0.0975. The van der Waals surface area contributed by atoms with E-state index in [1.165, 1.54) is 30.6 Å². The van der Waals surface area contributed by atoms with Gasteiger partial charge >= 0.3 is 5.97 Å². The van der Waals surface area contributed by atoms with Gasteiger partial charge in [-0.2, -0.15) is 0 Å². The van der Waals surface area contributed by atoms with Crippen LogP contribution in [0.2, 0.25) is 0 Å². The molecule has 2 atom stereocenters. The van der Waals surface area contributed by atoms with Gasteiger partial charge in [-0.15, -0.1) is 11.3 Å². The minimum atomic E-state index is -0.903. The fourth-order valence-corrected chi connectivity index (χ4v) is 7.24. The van der Waals surface area contributed by atoms with Gasteiger partial charge in [-0.05, 0) is 55.3 Å². The zero-order valence-electron chi connectivity index (χ0n) is 14.2. The van der Waals surface area contributed by atoms with Gasteiger partial charge in [0.05, 0.1) is 17.5 Å². The molecular formula is C18H24N2O3S. The number of carboxylic acid groups (broad SMARTS) is 1. The first kappa shape index (κ1) is 16.1. The van der Waals surface area contributed by atoms with Gasteiger partial charge in [-0.1, -0.05) is 13.8 Å². The highest BCUT2D eigenvalue weighted by Gasteiger charge is 2.62. The van der Waals surface area contributed by atoms with Crippen molar-refractivity contribution in [3.8, 4) is 0 Å². The Morgan fingerprint density at radius 2 is 1.92 bits per heavy atom. The Kier molecular flexibility index (Phi) is 3.37. The van der Waals surface area contributed by atoms with Crippen molar-refractivity contribution in [1.82, 2.24) is 4.98 Å². The Morgan fingerprint density at radius 1 is 1.25 bits per heavy atom. The second kappa shape index (κ2) is 5.04. The van der Waals surface area contributed by atoms with Crippen molar-refractivity contribution in [1.29, 1.82) is 0 Å². The lowest BCUT2D eigenvalue weighted by Gasteiger charge is -2.64. The molecule has 130 valence electrons. The lowest BCUT2D eigenvalue weighted by molar-refractivity contribution is -0.165. The van der Waals surface area contributed by atoms with Crippen molar-refractivity contribution in [3.63, 3.8) is 0 Å². The van der Waals surface area contributed by atoms with Crippen molar-refractivity contribution < 1.29 is 14.7 Å². The number of carbonyl (C=O) groups is 2. The van der Waals surface area contributed by atoms with E-state index in [1.54, 1.807) is 5.38 Å². The number of carboxylic acids is 1. The molecule has 1 aromatic heterocycles. The maximum atomic E-state index is 13.1. The molecule has 4 aliphatic rings. The predicted molar refractivity (Wildman–Crippen MR) is 91.9 cm³/mol. The van der Waals surface area contributed by atoms with Crippen LogP contribution in [0, 0.1) is 22.2 Å². The minimum Gasteiger partial charge on any atom is -0.481 e. The van der Waals surface area contributed by atoms with Gasteiger partial charge < -0.3 is 10.4 Å². The first-order valence-corrected chi connectivity index (χ1v) is 9.55. The van der Waals surface area contributed by atoms with E-state index in [-0.39, 0.29) is 17.7 Å². The molecule has 4 bridgehead atoms. The molecule has 0 spiro atoms. The highest BCUT2D eigenvalue weighted by molar-refractivity contribution is 7.13. The van der Waals surface area contributed by atoms with Crippen LogP contribution in [0.5, 0.6) is 0 Å². The zero-order valence-corrected chi connectivity index (χ0v) is 15.0. The Hall–Kier alpha value is -1.43. The molecule has 0 radical (unpaired) electrons. The molecule has 1 aromatic rings. The number of aromatic nitrogens is 1. The molecule has 2 unspecified atom stereocenters. The molecule has 1 heterocycles. The van der Waals surface area contributed by atoms with Gasteiger partial charge in [0.2, 0.25) is 5.91 Å². The van der Waals surface area contributed by atoms with Crippen LogP contribution in [0.15, 0.2) is 5.38 Å². The number of carbonyl (C=O) groups excluding carboxylic acids is 1. The average molecular weight is 348 g/mol. The monoisotopic (exact) mass is 348 g/mol. The first-order valence-electron chi connectivity index (χ1n) is 8.67. The Labute approximate surface area is 145 Å². The summed E-state index contributed by atoms with van der Waals surface area (Å²) >= 11 is 1.32. The summed E-state index contributed by atoms with van der Waals surface area (Å²) in [5, 5.41) is 14.1. The molecule has 24 heavy (non-hydrogen) atoms. The highest BCUT2D eigenvalue weighted by atomic mass is 32.1. The van der Waals surface area contributed by atoms with E-state index in [9.17, 15) is 9.59 Å². The first-order chi connectivity index (χ1) is 11.2. The summed E-state index contributed by atoms with van der Waals surface area (Å²) in [6, 6.07) is 0. The number of hydrogen-bond donors (Lipinski definition) is 2. The van der Waals surface area contributed by atoms with E-state index >= 15 is 0 Å². The molecule has 0 saturated heterocycles. The molecule has 5 rings (SSSR count). The van der Waals surface area contributed by atoms with Crippen LogP contribution >= 0.6 is 11.3 Å². The normalized spacial score (nSPS) is 39.8. The van der Waals surface area contributed by atoms with Gasteiger partial charge in [0.15, 0.2) is 5.13 Å². The Morgan fingerprint density at radius 3 is 2.50 bits per heavy atom. The fourth-order valence-electron chi connectivity index (χ4n) is 6.53. The molecule has 4 saturated carbocycles. The number of nitrogens with one attached hydrogen (secondary N) is 1. The standard InChI is InChI=1S/C18H24N2O3S/c1-16-4-11-5-17(2,8-16)10-18(6-11,9-16)14(23)20-15-19-12(7-24-15)3-13(21)22/h7,11H,3-6,8-10H2,1-2H3,(H,21,22)(H,19,20,23). The molecule has 4 aliphatic carbocycles. The van der Waals surface area contributed by atoms with Crippen LogP contribution in [0.1, 0.15) is 58.1 Å². The fraction of sp³-hybridized carbons (Fsp3) is 0.722. The largest absolute Gasteiger partial charge is 0.481 e. The molecule has 2 N–H and O–H groups in total. The number of aliphatic carboxylic acids is 1. The van der Waals surface area contributed by atoms with Gasteiger partial charge in [0, 0.05) is 5.38 Å². The van der Waals surface area contributed by atoms with Gasteiger partial charge in [0.1, 0.15) is 0 Å². The van der Waals surface area contributed by atoms with Crippen LogP contribution in [0.25, 0.3) is 0 Å². The number of amides is 1. The molecule has 0 aliphatic heterocycles. The SMILES string of the molecule is CC12CC3CC(C)(C1)CC(C(=O)Nc1nc(CC(=O)O)cs1)(C3)C2. The van der Waals surface area contributed by atoms with Crippen molar-refractivity contribution in [2.24, 2.45) is 22.2 Å². The summed E-state index contributed by atoms with van der Waals surface area (Å²) in [6.45, 7) is 4.71. The van der Waals surface area contributed by atoms with Crippen molar-refractivity contribution in [2.45, 2.75) is 58.8 Å². The predicted octanol–water partition coefficient (Wildman–Crippen LogP) is 3.71. The smallest absolute Gasteiger partial charge is 0.309 e. The maximum absolute atomic E-state index is 13.1. The summed E-state index contributed by atoms with van der Waals surface area (Å²) in [6.07, 6.45) is 6.62. The maximum Gasteiger partial charge on any atom is 0.309 e. The van der Waals surface area contributed by atoms with E-state index < -0.39 is 5.97 Å². The number of thiazole rings is 1. The summed E-state index contributed by atoms with van der Waals surface area (Å²) in [4.78, 5) is 28.2. The molecule has 4 fully saturated rings. The molecule has 0 aromatic carbocycles. The van der Waals surface area contributed by atoms with E-state index in [4.69, 9.17) is 5.11 Å². The summed E-state index contributed by atoms with van der Waals surface area (Å²) in [5.74, 6) is -0.138. The van der Waals surface area contributed by atoms with E-state index in [1.807, 2.05) is 0 Å². The van der Waals surface area contributed by atoms with Crippen LogP contribution < -0.4 is 5.32 Å². The number of nitrogens with zero attached hydrogens (tertiary/aromatic N) is 1. The van der Waals surface area contributed by atoms with E-state index in [0.29, 0.717) is 27.6 Å². The van der Waals surface area contributed by atoms with Crippen molar-refractivity contribution in [2.75, 3.05) is 5.32 Å². The van der Waals surface area contributed by atoms with Crippen molar-refractivity contribution >= 4 is 28.3 Å². The quantitative estimate of drug-likeness (QED) is 0.869. The Balaban J connectivity index is 1.54. The van der Waals surface area contributed by atoms with Gasteiger partial charge in [0.25, 0.3) is 0 Å². The second-order valence-electron chi connectivity index (χ2n) is 9.08. The second-order valence-corrected chi connectivity index (χ2v) is 9.94. The zero-order chi connectivity index (χ0) is 17.2. The van der Waals surface area contributed by atoms with Crippen LogP contribution in [-0.2, 0) is 16.0 Å². The Bertz CT molecular complexity index is 695.